The van der Waals surface area contributed by atoms with Gasteiger partial charge in [-0.3, -0.25) is 0 Å². The second kappa shape index (κ2) is 3.41. The number of hydrogen-bond acceptors (Lipinski definition) is 4. The highest BCUT2D eigenvalue weighted by molar-refractivity contribution is 5.71. The van der Waals surface area contributed by atoms with E-state index in [-0.39, 0.29) is 0 Å². The monoisotopic (exact) mass is 190 g/mol. The van der Waals surface area contributed by atoms with Crippen molar-refractivity contribution in [1.29, 1.82) is 0 Å². The lowest BCUT2D eigenvalue weighted by molar-refractivity contribution is 0.414. The summed E-state index contributed by atoms with van der Waals surface area (Å²) in [7, 11) is 1.62. The second-order valence-corrected chi connectivity index (χ2v) is 2.85. The Balaban J connectivity index is 2.39. The van der Waals surface area contributed by atoms with Crippen LogP contribution in [0.4, 0.5) is 5.69 Å². The zero-order valence-corrected chi connectivity index (χ0v) is 7.73. The molecule has 0 fully saturated rings. The molecule has 4 heteroatoms. The highest BCUT2D eigenvalue weighted by Gasteiger charge is 2.06. The van der Waals surface area contributed by atoms with Crippen LogP contribution in [0.5, 0.6) is 5.75 Å². The lowest BCUT2D eigenvalue weighted by Crippen LogP contribution is -1.87. The van der Waals surface area contributed by atoms with E-state index < -0.39 is 0 Å². The van der Waals surface area contributed by atoms with Crippen LogP contribution >= 0.6 is 0 Å². The minimum Gasteiger partial charge on any atom is -0.497 e. The molecule has 0 radical (unpaired) electrons. The van der Waals surface area contributed by atoms with Crippen molar-refractivity contribution in [3.63, 3.8) is 0 Å². The van der Waals surface area contributed by atoms with E-state index in [1.807, 2.05) is 24.3 Å². The summed E-state index contributed by atoms with van der Waals surface area (Å²) in [6.45, 7) is 0. The molecule has 0 aliphatic heterocycles. The van der Waals surface area contributed by atoms with Crippen LogP contribution in [0.15, 0.2) is 35.1 Å². The Labute approximate surface area is 81.3 Å². The van der Waals surface area contributed by atoms with E-state index in [4.69, 9.17) is 15.0 Å². The highest BCUT2D eigenvalue weighted by atomic mass is 16.5. The van der Waals surface area contributed by atoms with Crippen LogP contribution in [0.25, 0.3) is 11.3 Å². The second-order valence-electron chi connectivity index (χ2n) is 2.85. The first-order chi connectivity index (χ1) is 6.81. The predicted octanol–water partition coefficient (Wildman–Crippen LogP) is 1.93. The summed E-state index contributed by atoms with van der Waals surface area (Å²) in [5, 5.41) is 3.80. The summed E-state index contributed by atoms with van der Waals surface area (Å²) < 4.78 is 9.79. The molecule has 4 nitrogen and oxygen atoms in total. The van der Waals surface area contributed by atoms with E-state index in [9.17, 15) is 0 Å². The van der Waals surface area contributed by atoms with Gasteiger partial charge >= 0.3 is 0 Å². The quantitative estimate of drug-likeness (QED) is 0.786. The van der Waals surface area contributed by atoms with Gasteiger partial charge in [-0.15, -0.1) is 0 Å². The van der Waals surface area contributed by atoms with Crippen LogP contribution in [0, 0.1) is 0 Å². The third kappa shape index (κ3) is 1.42. The fourth-order valence-corrected chi connectivity index (χ4v) is 1.21. The van der Waals surface area contributed by atoms with Crippen molar-refractivity contribution in [2.75, 3.05) is 12.8 Å². The van der Waals surface area contributed by atoms with Crippen LogP contribution < -0.4 is 10.5 Å². The van der Waals surface area contributed by atoms with E-state index in [0.717, 1.165) is 11.3 Å². The summed E-state index contributed by atoms with van der Waals surface area (Å²) in [6.07, 6.45) is 1.42. The minimum absolute atomic E-state index is 0.537. The van der Waals surface area contributed by atoms with E-state index in [1.165, 1.54) is 6.26 Å². The Morgan fingerprint density at radius 1 is 1.29 bits per heavy atom. The Bertz CT molecular complexity index is 420. The van der Waals surface area contributed by atoms with Crippen LogP contribution in [-0.4, -0.2) is 12.3 Å². The number of methoxy groups -OCH3 is 1. The molecule has 2 aromatic rings. The standard InChI is InChI=1S/C10H10N2O2/c1-13-8-4-2-7(3-5-8)10-9(11)6-14-12-10/h2-6H,11H2,1H3. The Morgan fingerprint density at radius 2 is 2.00 bits per heavy atom. The van der Waals surface area contributed by atoms with Gasteiger partial charge < -0.3 is 15.0 Å². The number of benzene rings is 1. The van der Waals surface area contributed by atoms with Gasteiger partial charge in [-0.05, 0) is 24.3 Å². The first kappa shape index (κ1) is 8.62. The molecule has 1 heterocycles. The van der Waals surface area contributed by atoms with Gasteiger partial charge in [0.25, 0.3) is 0 Å². The van der Waals surface area contributed by atoms with E-state index >= 15 is 0 Å². The summed E-state index contributed by atoms with van der Waals surface area (Å²) in [5.41, 5.74) is 7.77. The zero-order chi connectivity index (χ0) is 9.97. The van der Waals surface area contributed by atoms with Crippen LogP contribution in [-0.2, 0) is 0 Å². The van der Waals surface area contributed by atoms with Gasteiger partial charge in [-0.25, -0.2) is 0 Å². The van der Waals surface area contributed by atoms with Gasteiger partial charge in [-0.1, -0.05) is 5.16 Å². The molecule has 72 valence electrons. The number of aromatic nitrogens is 1. The third-order valence-corrected chi connectivity index (χ3v) is 1.96. The Hall–Kier alpha value is -1.97. The minimum atomic E-state index is 0.537. The topological polar surface area (TPSA) is 61.3 Å². The van der Waals surface area contributed by atoms with Crippen molar-refractivity contribution < 1.29 is 9.26 Å². The number of nitrogen functional groups attached to an aromatic ring is 1. The van der Waals surface area contributed by atoms with E-state index in [1.54, 1.807) is 7.11 Å². The van der Waals surface area contributed by atoms with E-state index in [2.05, 4.69) is 5.16 Å². The third-order valence-electron chi connectivity index (χ3n) is 1.96. The smallest absolute Gasteiger partial charge is 0.147 e. The molecule has 0 saturated carbocycles. The van der Waals surface area contributed by atoms with Crippen LogP contribution in [0.1, 0.15) is 0 Å². The summed E-state index contributed by atoms with van der Waals surface area (Å²) in [5.74, 6) is 0.802. The summed E-state index contributed by atoms with van der Waals surface area (Å²) in [6, 6.07) is 7.47. The number of ether oxygens (including phenoxy) is 1. The molecule has 0 atom stereocenters. The predicted molar refractivity (Wildman–Crippen MR) is 52.9 cm³/mol. The van der Waals surface area contributed by atoms with Crippen molar-refractivity contribution >= 4 is 5.69 Å². The van der Waals surface area contributed by atoms with Gasteiger partial charge in [0, 0.05) is 5.56 Å². The van der Waals surface area contributed by atoms with Crippen molar-refractivity contribution in [3.05, 3.63) is 30.5 Å². The Morgan fingerprint density at radius 3 is 2.50 bits per heavy atom. The van der Waals surface area contributed by atoms with E-state index in [0.29, 0.717) is 11.4 Å². The molecule has 0 amide bonds. The molecule has 2 rings (SSSR count). The molecule has 2 N–H and O–H groups in total. The van der Waals surface area contributed by atoms with Crippen LogP contribution in [0.2, 0.25) is 0 Å². The number of nitrogens with two attached hydrogens (primary N) is 1. The lowest BCUT2D eigenvalue weighted by atomic mass is 10.1. The number of hydrogen-bond donors (Lipinski definition) is 1. The maximum atomic E-state index is 5.66. The number of rotatable bonds is 2. The molecule has 0 unspecified atom stereocenters. The molecular weight excluding hydrogens is 180 g/mol. The molecule has 0 aliphatic carbocycles. The number of nitrogens with zero attached hydrogens (tertiary/aromatic N) is 1. The molecule has 0 bridgehead atoms. The van der Waals surface area contributed by atoms with Gasteiger partial charge in [0.2, 0.25) is 0 Å². The summed E-state index contributed by atoms with van der Waals surface area (Å²) in [4.78, 5) is 0. The normalized spacial score (nSPS) is 10.1. The van der Waals surface area contributed by atoms with Gasteiger partial charge in [0.15, 0.2) is 0 Å². The fourth-order valence-electron chi connectivity index (χ4n) is 1.21. The van der Waals surface area contributed by atoms with Gasteiger partial charge in [-0.2, -0.15) is 0 Å². The zero-order valence-electron chi connectivity index (χ0n) is 7.73. The number of anilines is 1. The lowest BCUT2D eigenvalue weighted by Gasteiger charge is -2.00. The van der Waals surface area contributed by atoms with Gasteiger partial charge in [0.1, 0.15) is 23.4 Å². The molecule has 0 aliphatic rings. The largest absolute Gasteiger partial charge is 0.497 e. The van der Waals surface area contributed by atoms with Crippen molar-refractivity contribution in [2.45, 2.75) is 0 Å². The molecule has 1 aromatic heterocycles. The van der Waals surface area contributed by atoms with Crippen molar-refractivity contribution in [1.82, 2.24) is 5.16 Å². The summed E-state index contributed by atoms with van der Waals surface area (Å²) >= 11 is 0. The highest BCUT2D eigenvalue weighted by Crippen LogP contribution is 2.25. The maximum Gasteiger partial charge on any atom is 0.147 e. The van der Waals surface area contributed by atoms with Crippen molar-refractivity contribution in [2.24, 2.45) is 0 Å². The Kier molecular flexibility index (Phi) is 2.10. The molecule has 0 saturated heterocycles. The SMILES string of the molecule is COc1ccc(-c2nocc2N)cc1. The maximum absolute atomic E-state index is 5.66. The molecule has 0 spiro atoms. The first-order valence-electron chi connectivity index (χ1n) is 4.15. The average molecular weight is 190 g/mol. The van der Waals surface area contributed by atoms with Gasteiger partial charge in [0.05, 0.1) is 7.11 Å². The molecule has 1 aromatic carbocycles. The fraction of sp³-hybridized carbons (Fsp3) is 0.100. The first-order valence-corrected chi connectivity index (χ1v) is 4.15. The van der Waals surface area contributed by atoms with Crippen LogP contribution in [0.3, 0.4) is 0 Å². The molecule has 14 heavy (non-hydrogen) atoms. The molecular formula is C10H10N2O2. The van der Waals surface area contributed by atoms with Crippen molar-refractivity contribution in [3.8, 4) is 17.0 Å². The average Bonchev–Trinajstić information content (AvgIpc) is 2.65.